The summed E-state index contributed by atoms with van der Waals surface area (Å²) in [4.78, 5) is 22.5. The van der Waals surface area contributed by atoms with Gasteiger partial charge < -0.3 is 0 Å². The van der Waals surface area contributed by atoms with Crippen molar-refractivity contribution in [3.8, 4) is 0 Å². The lowest BCUT2D eigenvalue weighted by atomic mass is 9.82. The molecule has 2 rings (SSSR count). The predicted octanol–water partition coefficient (Wildman–Crippen LogP) is 1.93. The molecule has 0 spiro atoms. The Morgan fingerprint density at radius 1 is 1.27 bits per heavy atom. The van der Waals surface area contributed by atoms with Crippen LogP contribution in [0.25, 0.3) is 0 Å². The molecule has 1 saturated carbocycles. The van der Waals surface area contributed by atoms with Crippen LogP contribution in [0.3, 0.4) is 0 Å². The maximum atomic E-state index is 11.4. The molecule has 0 aromatic carbocycles. The number of carbonyl (C=O) groups is 2. The predicted molar refractivity (Wildman–Crippen MR) is 57.0 cm³/mol. The summed E-state index contributed by atoms with van der Waals surface area (Å²) >= 11 is 0. The van der Waals surface area contributed by atoms with Gasteiger partial charge in [0.25, 0.3) is 5.91 Å². The van der Waals surface area contributed by atoms with Gasteiger partial charge in [-0.1, -0.05) is 18.9 Å². The lowest BCUT2D eigenvalue weighted by molar-refractivity contribution is -0.124. The van der Waals surface area contributed by atoms with Crippen molar-refractivity contribution in [1.29, 1.82) is 0 Å². The maximum absolute atomic E-state index is 11.4. The van der Waals surface area contributed by atoms with E-state index >= 15 is 0 Å². The molecule has 82 valence electrons. The number of hydrogen-bond acceptors (Lipinski definition) is 2. The third-order valence-corrected chi connectivity index (χ3v) is 3.58. The van der Waals surface area contributed by atoms with E-state index in [2.05, 4.69) is 12.2 Å². The Bertz CT molecular complexity index is 321. The molecule has 0 aromatic rings. The van der Waals surface area contributed by atoms with E-state index in [4.69, 9.17) is 0 Å². The summed E-state index contributed by atoms with van der Waals surface area (Å²) in [5.41, 5.74) is 1.98. The Morgan fingerprint density at radius 2 is 1.93 bits per heavy atom. The number of imide groups is 1. The second kappa shape index (κ2) is 4.17. The molecule has 3 heteroatoms. The Hall–Kier alpha value is -1.12. The number of amides is 2. The van der Waals surface area contributed by atoms with Gasteiger partial charge in [0.05, 0.1) is 6.42 Å². The zero-order valence-electron chi connectivity index (χ0n) is 9.14. The molecule has 0 unspecified atom stereocenters. The lowest BCUT2D eigenvalue weighted by Crippen LogP contribution is -2.20. The summed E-state index contributed by atoms with van der Waals surface area (Å²) < 4.78 is 0. The van der Waals surface area contributed by atoms with Gasteiger partial charge in [0.15, 0.2) is 0 Å². The van der Waals surface area contributed by atoms with E-state index in [-0.39, 0.29) is 11.8 Å². The second-order valence-electron chi connectivity index (χ2n) is 4.49. The zero-order chi connectivity index (χ0) is 10.8. The first-order valence-electron chi connectivity index (χ1n) is 5.75. The van der Waals surface area contributed by atoms with Crippen molar-refractivity contribution in [2.24, 2.45) is 5.92 Å². The minimum atomic E-state index is -0.148. The van der Waals surface area contributed by atoms with Crippen LogP contribution in [0.2, 0.25) is 0 Å². The van der Waals surface area contributed by atoms with Gasteiger partial charge in [-0.3, -0.25) is 14.9 Å². The third kappa shape index (κ3) is 2.11. The monoisotopic (exact) mass is 207 g/mol. The summed E-state index contributed by atoms with van der Waals surface area (Å²) in [7, 11) is 0. The summed E-state index contributed by atoms with van der Waals surface area (Å²) in [5, 5.41) is 2.35. The third-order valence-electron chi connectivity index (χ3n) is 3.58. The van der Waals surface area contributed by atoms with Gasteiger partial charge in [0.1, 0.15) is 0 Å². The molecule has 0 atom stereocenters. The van der Waals surface area contributed by atoms with Crippen LogP contribution in [0.15, 0.2) is 11.1 Å². The first-order valence-corrected chi connectivity index (χ1v) is 5.75. The molecule has 1 saturated heterocycles. The highest BCUT2D eigenvalue weighted by Crippen LogP contribution is 2.33. The zero-order valence-corrected chi connectivity index (χ0v) is 9.14. The average Bonchev–Trinajstić information content (AvgIpc) is 2.58. The first kappa shape index (κ1) is 10.4. The minimum absolute atomic E-state index is 0.139. The Morgan fingerprint density at radius 3 is 2.40 bits per heavy atom. The van der Waals surface area contributed by atoms with Crippen LogP contribution < -0.4 is 5.32 Å². The van der Waals surface area contributed by atoms with Crippen LogP contribution >= 0.6 is 0 Å². The van der Waals surface area contributed by atoms with Crippen LogP contribution in [-0.2, 0) is 9.59 Å². The maximum Gasteiger partial charge on any atom is 0.254 e. The van der Waals surface area contributed by atoms with Crippen LogP contribution in [0.1, 0.15) is 45.4 Å². The normalized spacial score (nSPS) is 27.1. The molecule has 3 nitrogen and oxygen atoms in total. The Labute approximate surface area is 89.9 Å². The molecule has 15 heavy (non-hydrogen) atoms. The average molecular weight is 207 g/mol. The van der Waals surface area contributed by atoms with E-state index in [0.29, 0.717) is 6.42 Å². The summed E-state index contributed by atoms with van der Waals surface area (Å²) in [6, 6.07) is 0. The smallest absolute Gasteiger partial charge is 0.254 e. The molecule has 1 heterocycles. The fraction of sp³-hybridized carbons (Fsp3) is 0.667. The highest BCUT2D eigenvalue weighted by Gasteiger charge is 2.28. The van der Waals surface area contributed by atoms with Crippen LogP contribution in [0.4, 0.5) is 0 Å². The lowest BCUT2D eigenvalue weighted by Gasteiger charge is -2.23. The Balaban J connectivity index is 2.08. The first-order chi connectivity index (χ1) is 7.20. The van der Waals surface area contributed by atoms with Gasteiger partial charge in [-0.15, -0.1) is 0 Å². The van der Waals surface area contributed by atoms with E-state index in [1.165, 1.54) is 24.8 Å². The molecule has 2 fully saturated rings. The van der Waals surface area contributed by atoms with Crippen molar-refractivity contribution in [2.75, 3.05) is 0 Å². The number of carbonyl (C=O) groups excluding carboxylic acids is 2. The van der Waals surface area contributed by atoms with Crippen molar-refractivity contribution < 1.29 is 9.59 Å². The number of nitrogens with one attached hydrogen (secondary N) is 1. The fourth-order valence-corrected chi connectivity index (χ4v) is 2.51. The van der Waals surface area contributed by atoms with Crippen LogP contribution in [0.5, 0.6) is 0 Å². The van der Waals surface area contributed by atoms with Gasteiger partial charge in [-0.2, -0.15) is 0 Å². The molecular formula is C12H17NO2. The topological polar surface area (TPSA) is 46.2 Å². The second-order valence-corrected chi connectivity index (χ2v) is 4.49. The van der Waals surface area contributed by atoms with Gasteiger partial charge in [-0.25, -0.2) is 0 Å². The minimum Gasteiger partial charge on any atom is -0.292 e. The van der Waals surface area contributed by atoms with Crippen LogP contribution in [0, 0.1) is 5.92 Å². The summed E-state index contributed by atoms with van der Waals surface area (Å²) in [6.07, 6.45) is 5.91. The van der Waals surface area contributed by atoms with E-state index in [1.54, 1.807) is 0 Å². The van der Waals surface area contributed by atoms with Gasteiger partial charge in [0, 0.05) is 5.57 Å². The summed E-state index contributed by atoms with van der Waals surface area (Å²) in [5.74, 6) is 0.527. The van der Waals surface area contributed by atoms with Crippen molar-refractivity contribution in [3.63, 3.8) is 0 Å². The number of hydrogen-bond donors (Lipinski definition) is 1. The molecule has 1 N–H and O–H groups in total. The molecule has 2 amide bonds. The molecule has 2 aliphatic rings. The highest BCUT2D eigenvalue weighted by atomic mass is 16.2. The van der Waals surface area contributed by atoms with Crippen molar-refractivity contribution in [3.05, 3.63) is 11.1 Å². The quantitative estimate of drug-likeness (QED) is 0.527. The van der Waals surface area contributed by atoms with E-state index in [1.807, 2.05) is 0 Å². The van der Waals surface area contributed by atoms with Gasteiger partial charge in [-0.05, 0) is 31.6 Å². The standard InChI is InChI=1S/C12H17NO2/c1-2-8-3-5-9(6-4-8)10-7-11(14)13-12(10)15/h8H,2-7H2,1H3,(H,13,14,15). The molecule has 1 aliphatic carbocycles. The van der Waals surface area contributed by atoms with Crippen molar-refractivity contribution in [2.45, 2.75) is 45.4 Å². The highest BCUT2D eigenvalue weighted by molar-refractivity contribution is 6.13. The molecule has 0 aromatic heterocycles. The van der Waals surface area contributed by atoms with E-state index in [0.717, 1.165) is 24.3 Å². The SMILES string of the molecule is CCC1CCC(=C2CC(=O)NC2=O)CC1. The molecular weight excluding hydrogens is 190 g/mol. The Kier molecular flexibility index (Phi) is 2.89. The van der Waals surface area contributed by atoms with E-state index < -0.39 is 0 Å². The van der Waals surface area contributed by atoms with Crippen molar-refractivity contribution in [1.82, 2.24) is 5.32 Å². The van der Waals surface area contributed by atoms with Gasteiger partial charge >= 0.3 is 0 Å². The summed E-state index contributed by atoms with van der Waals surface area (Å²) in [6.45, 7) is 2.22. The van der Waals surface area contributed by atoms with Gasteiger partial charge in [0.2, 0.25) is 5.91 Å². The molecule has 1 aliphatic heterocycles. The van der Waals surface area contributed by atoms with E-state index in [9.17, 15) is 9.59 Å². The van der Waals surface area contributed by atoms with Crippen LogP contribution in [-0.4, -0.2) is 11.8 Å². The van der Waals surface area contributed by atoms with Crippen molar-refractivity contribution >= 4 is 11.8 Å². The molecule has 0 radical (unpaired) electrons. The largest absolute Gasteiger partial charge is 0.292 e. The fourth-order valence-electron chi connectivity index (χ4n) is 2.51. The molecule has 0 bridgehead atoms. The number of allylic oxidation sites excluding steroid dienone is 1. The number of rotatable bonds is 1.